The number of hydrogen-bond donors (Lipinski definition) is 0. The van der Waals surface area contributed by atoms with Gasteiger partial charge in [0, 0.05) is 39.2 Å². The van der Waals surface area contributed by atoms with E-state index >= 15 is 4.39 Å². The Morgan fingerprint density at radius 3 is 2.73 bits per heavy atom. The predicted molar refractivity (Wildman–Crippen MR) is 79.2 cm³/mol. The Labute approximate surface area is 132 Å². The van der Waals surface area contributed by atoms with Gasteiger partial charge in [-0.15, -0.1) is 10.2 Å². The van der Waals surface area contributed by atoms with Crippen molar-refractivity contribution in [2.24, 2.45) is 7.05 Å². The van der Waals surface area contributed by atoms with E-state index in [-0.39, 0.29) is 18.0 Å². The number of piperidine rings is 1. The number of anilines is 1. The third kappa shape index (κ3) is 2.40. The molecule has 114 valence electrons. The van der Waals surface area contributed by atoms with E-state index in [0.717, 1.165) is 0 Å². The molecule has 1 fully saturated rings. The Kier molecular flexibility index (Phi) is 3.71. The van der Waals surface area contributed by atoms with Crippen molar-refractivity contribution >= 4 is 17.3 Å². The molecule has 0 bridgehead atoms. The van der Waals surface area contributed by atoms with E-state index in [1.807, 2.05) is 4.90 Å². The normalized spacial score (nSPS) is 17.3. The van der Waals surface area contributed by atoms with E-state index in [9.17, 15) is 5.26 Å². The van der Waals surface area contributed by atoms with Gasteiger partial charge in [0.05, 0.1) is 11.3 Å². The molecule has 0 N–H and O–H groups in total. The van der Waals surface area contributed by atoms with Gasteiger partial charge in [0.15, 0.2) is 16.6 Å². The van der Waals surface area contributed by atoms with Crippen LogP contribution < -0.4 is 4.90 Å². The minimum absolute atomic E-state index is 0.260. The van der Waals surface area contributed by atoms with Crippen molar-refractivity contribution in [1.29, 1.82) is 5.26 Å². The van der Waals surface area contributed by atoms with Crippen molar-refractivity contribution in [3.05, 3.63) is 35.1 Å². The van der Waals surface area contributed by atoms with Crippen molar-refractivity contribution in [3.8, 4) is 6.07 Å². The van der Waals surface area contributed by atoms with Gasteiger partial charge in [-0.2, -0.15) is 5.26 Å². The second-order valence-electron chi connectivity index (χ2n) is 5.33. The summed E-state index contributed by atoms with van der Waals surface area (Å²) in [6.07, 6.45) is 3.51. The van der Waals surface area contributed by atoms with Gasteiger partial charge in [-0.25, -0.2) is 9.37 Å². The van der Waals surface area contributed by atoms with Crippen molar-refractivity contribution < 1.29 is 4.39 Å². The van der Waals surface area contributed by atoms with Crippen molar-refractivity contribution in [1.82, 2.24) is 19.7 Å². The van der Waals surface area contributed by atoms with Crippen LogP contribution in [0.15, 0.2) is 18.6 Å². The Morgan fingerprint density at radius 2 is 2.14 bits per heavy atom. The lowest BCUT2D eigenvalue weighted by atomic mass is 9.92. The zero-order valence-electron chi connectivity index (χ0n) is 12.0. The fourth-order valence-electron chi connectivity index (χ4n) is 2.82. The lowest BCUT2D eigenvalue weighted by molar-refractivity contribution is 0.109. The highest BCUT2D eigenvalue weighted by Gasteiger charge is 2.40. The van der Waals surface area contributed by atoms with E-state index in [2.05, 4.69) is 21.3 Å². The maximum absolute atomic E-state index is 15.1. The minimum atomic E-state index is -1.51. The number of halogens is 2. The highest BCUT2D eigenvalue weighted by Crippen LogP contribution is 2.38. The number of rotatable bonds is 2. The summed E-state index contributed by atoms with van der Waals surface area (Å²) < 4.78 is 16.7. The molecule has 0 atom stereocenters. The molecule has 0 saturated carbocycles. The first-order chi connectivity index (χ1) is 10.5. The number of pyridine rings is 1. The lowest BCUT2D eigenvalue weighted by Gasteiger charge is -2.37. The average Bonchev–Trinajstić information content (AvgIpc) is 2.95. The molecule has 22 heavy (non-hydrogen) atoms. The molecule has 0 spiro atoms. The molecule has 1 aliphatic heterocycles. The molecule has 1 saturated heterocycles. The van der Waals surface area contributed by atoms with Crippen molar-refractivity contribution in [2.75, 3.05) is 18.0 Å². The zero-order valence-corrected chi connectivity index (χ0v) is 12.8. The van der Waals surface area contributed by atoms with Crippen LogP contribution in [0, 0.1) is 11.3 Å². The fourth-order valence-corrected chi connectivity index (χ4v) is 3.09. The summed E-state index contributed by atoms with van der Waals surface area (Å²) in [4.78, 5) is 5.92. The fraction of sp³-hybridized carbons (Fsp3) is 0.429. The van der Waals surface area contributed by atoms with Gasteiger partial charge in [-0.05, 0) is 6.07 Å². The molecule has 6 nitrogen and oxygen atoms in total. The first-order valence-corrected chi connectivity index (χ1v) is 7.26. The van der Waals surface area contributed by atoms with Gasteiger partial charge in [0.1, 0.15) is 12.4 Å². The Hall–Kier alpha value is -2.20. The smallest absolute Gasteiger partial charge is 0.173 e. The molecule has 3 heterocycles. The van der Waals surface area contributed by atoms with Crippen LogP contribution in [-0.2, 0) is 12.7 Å². The van der Waals surface area contributed by atoms with Crippen LogP contribution in [-0.4, -0.2) is 32.8 Å². The monoisotopic (exact) mass is 320 g/mol. The summed E-state index contributed by atoms with van der Waals surface area (Å²) in [5.41, 5.74) is -0.486. The van der Waals surface area contributed by atoms with Crippen LogP contribution in [0.5, 0.6) is 0 Å². The third-order valence-electron chi connectivity index (χ3n) is 3.98. The summed E-state index contributed by atoms with van der Waals surface area (Å²) in [7, 11) is 1.73. The van der Waals surface area contributed by atoms with Crippen LogP contribution in [0.3, 0.4) is 0 Å². The summed E-state index contributed by atoms with van der Waals surface area (Å²) in [6.45, 7) is 0.868. The number of nitriles is 1. The van der Waals surface area contributed by atoms with Crippen LogP contribution in [0.4, 0.5) is 10.1 Å². The van der Waals surface area contributed by atoms with E-state index in [1.54, 1.807) is 17.7 Å². The Bertz CT molecular complexity index is 729. The van der Waals surface area contributed by atoms with Gasteiger partial charge in [-0.3, -0.25) is 0 Å². The first kappa shape index (κ1) is 14.7. The lowest BCUT2D eigenvalue weighted by Crippen LogP contribution is -2.42. The van der Waals surface area contributed by atoms with Gasteiger partial charge in [0.25, 0.3) is 0 Å². The van der Waals surface area contributed by atoms with E-state index in [0.29, 0.717) is 30.2 Å². The van der Waals surface area contributed by atoms with Gasteiger partial charge in [-0.1, -0.05) is 11.6 Å². The number of aryl methyl sites for hydroxylation is 1. The summed E-state index contributed by atoms with van der Waals surface area (Å²) >= 11 is 6.11. The second-order valence-corrected chi connectivity index (χ2v) is 5.69. The zero-order chi connectivity index (χ0) is 15.7. The summed E-state index contributed by atoms with van der Waals surface area (Å²) in [5.74, 6) is 0.338. The van der Waals surface area contributed by atoms with Crippen LogP contribution in [0.2, 0.25) is 5.15 Å². The quantitative estimate of drug-likeness (QED) is 0.793. The van der Waals surface area contributed by atoms with Gasteiger partial charge < -0.3 is 9.47 Å². The molecule has 1 aliphatic rings. The van der Waals surface area contributed by atoms with E-state index in [4.69, 9.17) is 11.6 Å². The second kappa shape index (κ2) is 5.54. The molecule has 8 heteroatoms. The SMILES string of the molecule is Cn1cnnc1C1(F)CCN(c2c(C#N)ccnc2Cl)CC1. The molecular formula is C14H14ClFN6. The molecule has 0 aromatic carbocycles. The molecule has 0 unspecified atom stereocenters. The van der Waals surface area contributed by atoms with Crippen LogP contribution >= 0.6 is 11.6 Å². The summed E-state index contributed by atoms with van der Waals surface area (Å²) in [6, 6.07) is 3.72. The maximum atomic E-state index is 15.1. The first-order valence-electron chi connectivity index (χ1n) is 6.88. The predicted octanol–water partition coefficient (Wildman–Crippen LogP) is 2.20. The van der Waals surface area contributed by atoms with Crippen LogP contribution in [0.1, 0.15) is 24.2 Å². The molecule has 0 amide bonds. The molecule has 2 aromatic heterocycles. The molecular weight excluding hydrogens is 307 g/mol. The summed E-state index contributed by atoms with van der Waals surface area (Å²) in [5, 5.41) is 17.1. The van der Waals surface area contributed by atoms with E-state index in [1.165, 1.54) is 12.5 Å². The van der Waals surface area contributed by atoms with E-state index < -0.39 is 5.67 Å². The number of hydrogen-bond acceptors (Lipinski definition) is 5. The number of aromatic nitrogens is 4. The molecule has 0 radical (unpaired) electrons. The van der Waals surface area contributed by atoms with Gasteiger partial charge >= 0.3 is 0 Å². The highest BCUT2D eigenvalue weighted by molar-refractivity contribution is 6.32. The molecule has 0 aliphatic carbocycles. The standard InChI is InChI=1S/C14H14ClFN6/c1-21-9-19-20-13(21)14(16)3-6-22(7-4-14)11-10(8-17)2-5-18-12(11)15/h2,5,9H,3-4,6-7H2,1H3. The number of alkyl halides is 1. The Morgan fingerprint density at radius 1 is 1.41 bits per heavy atom. The largest absolute Gasteiger partial charge is 0.368 e. The highest BCUT2D eigenvalue weighted by atomic mass is 35.5. The van der Waals surface area contributed by atoms with Crippen LogP contribution in [0.25, 0.3) is 0 Å². The molecule has 3 rings (SSSR count). The van der Waals surface area contributed by atoms with Gasteiger partial charge in [0.2, 0.25) is 0 Å². The number of nitrogens with zero attached hydrogens (tertiary/aromatic N) is 6. The maximum Gasteiger partial charge on any atom is 0.173 e. The Balaban J connectivity index is 1.84. The van der Waals surface area contributed by atoms with Crippen molar-refractivity contribution in [2.45, 2.75) is 18.5 Å². The topological polar surface area (TPSA) is 70.6 Å². The minimum Gasteiger partial charge on any atom is -0.368 e. The van der Waals surface area contributed by atoms with Crippen molar-refractivity contribution in [3.63, 3.8) is 0 Å². The average molecular weight is 321 g/mol. The third-order valence-corrected chi connectivity index (χ3v) is 4.26. The molecule has 2 aromatic rings.